The number of hydrogen-bond acceptors (Lipinski definition) is 6. The van der Waals surface area contributed by atoms with Crippen molar-refractivity contribution in [1.82, 2.24) is 5.32 Å². The Morgan fingerprint density at radius 2 is 1.91 bits per heavy atom. The van der Waals surface area contributed by atoms with E-state index in [1.165, 1.54) is 16.9 Å². The molecule has 6 nitrogen and oxygen atoms in total. The maximum absolute atomic E-state index is 13.2. The van der Waals surface area contributed by atoms with E-state index in [1.54, 1.807) is 17.6 Å². The van der Waals surface area contributed by atoms with Crippen LogP contribution in [-0.2, 0) is 24.1 Å². The summed E-state index contributed by atoms with van der Waals surface area (Å²) in [6.07, 6.45) is 5.98. The van der Waals surface area contributed by atoms with Crippen LogP contribution in [-0.4, -0.2) is 38.4 Å². The van der Waals surface area contributed by atoms with Crippen molar-refractivity contribution in [2.75, 3.05) is 31.2 Å². The van der Waals surface area contributed by atoms with Gasteiger partial charge >= 0.3 is 0 Å². The van der Waals surface area contributed by atoms with Crippen LogP contribution in [0.3, 0.4) is 0 Å². The molecule has 1 amide bonds. The lowest BCUT2D eigenvalue weighted by atomic mass is 9.95. The van der Waals surface area contributed by atoms with Gasteiger partial charge in [-0.05, 0) is 42.9 Å². The maximum Gasteiger partial charge on any atom is 0.254 e. The van der Waals surface area contributed by atoms with Crippen molar-refractivity contribution in [2.24, 2.45) is 4.99 Å². The number of rotatable bonds is 6. The molecule has 1 aromatic carbocycles. The predicted molar refractivity (Wildman–Crippen MR) is 128 cm³/mol. The largest absolute Gasteiger partial charge is 0.440 e. The second-order valence-corrected chi connectivity index (χ2v) is 9.18. The molecule has 3 aromatic rings. The van der Waals surface area contributed by atoms with E-state index in [4.69, 9.17) is 14.1 Å². The fourth-order valence-corrected chi connectivity index (χ4v) is 5.46. The van der Waals surface area contributed by atoms with Gasteiger partial charge in [0, 0.05) is 30.6 Å². The van der Waals surface area contributed by atoms with E-state index in [2.05, 4.69) is 10.2 Å². The number of hydrogen-bond donors (Lipinski definition) is 1. The Hall–Kier alpha value is -2.90. The molecular formula is C25H27N3O3S. The lowest BCUT2D eigenvalue weighted by Crippen LogP contribution is -2.35. The number of ether oxygens (including phenoxy) is 1. The van der Waals surface area contributed by atoms with Gasteiger partial charge in [-0.1, -0.05) is 30.3 Å². The minimum atomic E-state index is -0.0474. The van der Waals surface area contributed by atoms with E-state index in [1.807, 2.05) is 42.5 Å². The minimum Gasteiger partial charge on any atom is -0.440 e. The number of aliphatic imine (C=N–C) groups is 1. The number of benzene rings is 1. The standard InChI is InChI=1S/C25H27N3O3S/c29-24(26-16-18-6-2-1-3-7-18)23-20-8-4-5-9-21(20)32-25(23)27-17-19-10-11-22(31-19)28-12-14-30-15-13-28/h1-3,6-7,10-11,17H,4-5,8-9,12-16H2,(H,26,29). The van der Waals surface area contributed by atoms with Gasteiger partial charge in [0.25, 0.3) is 5.91 Å². The molecule has 2 aromatic heterocycles. The number of thiophene rings is 1. The number of nitrogens with one attached hydrogen (secondary N) is 1. The van der Waals surface area contributed by atoms with Crippen molar-refractivity contribution < 1.29 is 13.9 Å². The number of nitrogens with zero attached hydrogens (tertiary/aromatic N) is 2. The molecule has 32 heavy (non-hydrogen) atoms. The smallest absolute Gasteiger partial charge is 0.254 e. The molecule has 1 saturated heterocycles. The third kappa shape index (κ3) is 4.64. The van der Waals surface area contributed by atoms with Crippen LogP contribution in [0.15, 0.2) is 51.9 Å². The van der Waals surface area contributed by atoms with Gasteiger partial charge in [0.05, 0.1) is 25.0 Å². The third-order valence-corrected chi connectivity index (χ3v) is 7.12. The Morgan fingerprint density at radius 1 is 1.09 bits per heavy atom. The summed E-state index contributed by atoms with van der Waals surface area (Å²) in [5.74, 6) is 1.48. The summed E-state index contributed by atoms with van der Waals surface area (Å²) in [6, 6.07) is 13.9. The number of aryl methyl sites for hydroxylation is 1. The summed E-state index contributed by atoms with van der Waals surface area (Å²) < 4.78 is 11.4. The number of amides is 1. The normalized spacial score (nSPS) is 16.3. The molecule has 166 valence electrons. The van der Waals surface area contributed by atoms with Crippen molar-refractivity contribution in [3.05, 3.63) is 69.8 Å². The van der Waals surface area contributed by atoms with Gasteiger partial charge in [-0.15, -0.1) is 11.3 Å². The zero-order valence-corrected chi connectivity index (χ0v) is 18.8. The average molecular weight is 450 g/mol. The van der Waals surface area contributed by atoms with Crippen LogP contribution >= 0.6 is 11.3 Å². The SMILES string of the molecule is O=C(NCc1ccccc1)c1c(N=Cc2ccc(N3CCOCC3)o2)sc2c1CCCC2. The summed E-state index contributed by atoms with van der Waals surface area (Å²) in [5, 5.41) is 3.86. The van der Waals surface area contributed by atoms with Crippen LogP contribution in [0.4, 0.5) is 10.9 Å². The number of fused-ring (bicyclic) bond motifs is 1. The van der Waals surface area contributed by atoms with Gasteiger partial charge in [-0.3, -0.25) is 4.79 Å². The highest BCUT2D eigenvalue weighted by molar-refractivity contribution is 7.16. The molecule has 5 rings (SSSR count). The first kappa shape index (κ1) is 21.0. The van der Waals surface area contributed by atoms with E-state index in [-0.39, 0.29) is 5.91 Å². The van der Waals surface area contributed by atoms with Gasteiger partial charge in [-0.25, -0.2) is 4.99 Å². The highest BCUT2D eigenvalue weighted by Gasteiger charge is 2.25. The van der Waals surface area contributed by atoms with E-state index in [0.717, 1.165) is 54.4 Å². The highest BCUT2D eigenvalue weighted by atomic mass is 32.1. The summed E-state index contributed by atoms with van der Waals surface area (Å²) >= 11 is 1.64. The van der Waals surface area contributed by atoms with Crippen molar-refractivity contribution in [3.63, 3.8) is 0 Å². The maximum atomic E-state index is 13.2. The molecule has 1 aliphatic heterocycles. The van der Waals surface area contributed by atoms with Crippen LogP contribution in [0.1, 0.15) is 45.0 Å². The van der Waals surface area contributed by atoms with Crippen molar-refractivity contribution in [2.45, 2.75) is 32.2 Å². The Bertz CT molecular complexity index is 1100. The van der Waals surface area contributed by atoms with Crippen LogP contribution in [0, 0.1) is 0 Å². The van der Waals surface area contributed by atoms with Gasteiger partial charge in [0.15, 0.2) is 5.88 Å². The Kier molecular flexibility index (Phi) is 6.36. The molecule has 0 unspecified atom stereocenters. The molecule has 0 radical (unpaired) electrons. The molecule has 1 aliphatic carbocycles. The lowest BCUT2D eigenvalue weighted by Gasteiger charge is -2.26. The van der Waals surface area contributed by atoms with Gasteiger partial charge in [0.2, 0.25) is 0 Å². The molecule has 0 spiro atoms. The molecule has 1 N–H and O–H groups in total. The molecule has 1 fully saturated rings. The first-order valence-electron chi connectivity index (χ1n) is 11.2. The molecule has 0 saturated carbocycles. The van der Waals surface area contributed by atoms with Crippen LogP contribution < -0.4 is 10.2 Å². The predicted octanol–water partition coefficient (Wildman–Crippen LogP) is 4.74. The first-order valence-corrected chi connectivity index (χ1v) is 12.0. The Labute approximate surface area is 191 Å². The summed E-state index contributed by atoms with van der Waals surface area (Å²) in [7, 11) is 0. The van der Waals surface area contributed by atoms with Gasteiger partial charge < -0.3 is 19.4 Å². The molecule has 3 heterocycles. The van der Waals surface area contributed by atoms with E-state index in [0.29, 0.717) is 25.5 Å². The molecule has 7 heteroatoms. The number of carbonyl (C=O) groups excluding carboxylic acids is 1. The van der Waals surface area contributed by atoms with Crippen LogP contribution in [0.2, 0.25) is 0 Å². The monoisotopic (exact) mass is 449 g/mol. The first-order chi connectivity index (χ1) is 15.8. The summed E-state index contributed by atoms with van der Waals surface area (Å²) in [5.41, 5.74) is 2.99. The average Bonchev–Trinajstić information content (AvgIpc) is 3.47. The van der Waals surface area contributed by atoms with Crippen LogP contribution in [0.25, 0.3) is 0 Å². The van der Waals surface area contributed by atoms with E-state index < -0.39 is 0 Å². The molecule has 2 aliphatic rings. The fraction of sp³-hybridized carbons (Fsp3) is 0.360. The highest BCUT2D eigenvalue weighted by Crippen LogP contribution is 2.40. The summed E-state index contributed by atoms with van der Waals surface area (Å²) in [4.78, 5) is 21.4. The quantitative estimate of drug-likeness (QED) is 0.552. The van der Waals surface area contributed by atoms with Gasteiger partial charge in [-0.2, -0.15) is 0 Å². The zero-order valence-electron chi connectivity index (χ0n) is 18.0. The van der Waals surface area contributed by atoms with Crippen molar-refractivity contribution >= 4 is 34.3 Å². The second-order valence-electron chi connectivity index (χ2n) is 8.09. The van der Waals surface area contributed by atoms with Crippen LogP contribution in [0.5, 0.6) is 0 Å². The third-order valence-electron chi connectivity index (χ3n) is 5.92. The molecule has 0 atom stereocenters. The van der Waals surface area contributed by atoms with Crippen molar-refractivity contribution in [3.8, 4) is 0 Å². The molecule has 0 bridgehead atoms. The summed E-state index contributed by atoms with van der Waals surface area (Å²) in [6.45, 7) is 3.59. The van der Waals surface area contributed by atoms with Crippen molar-refractivity contribution in [1.29, 1.82) is 0 Å². The second kappa shape index (κ2) is 9.71. The molecular weight excluding hydrogens is 422 g/mol. The lowest BCUT2D eigenvalue weighted by molar-refractivity contribution is 0.0951. The number of morpholine rings is 1. The number of carbonyl (C=O) groups is 1. The topological polar surface area (TPSA) is 67.1 Å². The zero-order chi connectivity index (χ0) is 21.8. The Balaban J connectivity index is 1.36. The van der Waals surface area contributed by atoms with Gasteiger partial charge in [0.1, 0.15) is 10.8 Å². The number of anilines is 1. The van der Waals surface area contributed by atoms with E-state index >= 15 is 0 Å². The number of furan rings is 1. The minimum absolute atomic E-state index is 0.0474. The Morgan fingerprint density at radius 3 is 2.75 bits per heavy atom. The fourth-order valence-electron chi connectivity index (χ4n) is 4.23. The van der Waals surface area contributed by atoms with E-state index in [9.17, 15) is 4.79 Å².